The van der Waals surface area contributed by atoms with Gasteiger partial charge in [-0.2, -0.15) is 0 Å². The summed E-state index contributed by atoms with van der Waals surface area (Å²) in [5, 5.41) is 30.9. The molecule has 0 aromatic rings. The fourth-order valence-electron chi connectivity index (χ4n) is 9.81. The van der Waals surface area contributed by atoms with E-state index in [4.69, 9.17) is 9.47 Å². The second-order valence-electron chi connectivity index (χ2n) is 12.7. The molecule has 6 nitrogen and oxygen atoms in total. The number of epoxide rings is 1. The third-order valence-electron chi connectivity index (χ3n) is 11.7. The van der Waals surface area contributed by atoms with E-state index in [1.165, 1.54) is 0 Å². The molecule has 4 aliphatic carbocycles. The van der Waals surface area contributed by atoms with E-state index in [0.717, 1.165) is 44.1 Å². The Bertz CT molecular complexity index is 957. The first-order valence-electron chi connectivity index (χ1n) is 13.3. The molecule has 6 rings (SSSR count). The van der Waals surface area contributed by atoms with E-state index in [2.05, 4.69) is 20.8 Å². The van der Waals surface area contributed by atoms with Gasteiger partial charge in [-0.25, -0.2) is 0 Å². The highest BCUT2D eigenvalue weighted by Gasteiger charge is 2.80. The van der Waals surface area contributed by atoms with Gasteiger partial charge in [-0.05, 0) is 99.5 Å². The molecule has 4 fully saturated rings. The standard InChI is InChI=1S/C28H40O6/c1-14-11-21(33-25(32)17(14)13-29)15(2)18-5-6-19-16-12-24-28(34-24)23(31)8-7-22(30)27(28,4)20(16)9-10-26(18,19)3/h7-8,15-16,18-21,23-25,29,31-32H,5-6,9-13H2,1-4H3/t15-,16?,18?,19?,20?,21+,23-,24+,25?,26+,27-,28+/m0/s1. The van der Waals surface area contributed by atoms with Gasteiger partial charge in [0.05, 0.1) is 24.2 Å². The maximum absolute atomic E-state index is 13.3. The van der Waals surface area contributed by atoms with Crippen LogP contribution in [0.25, 0.3) is 0 Å². The van der Waals surface area contributed by atoms with Crippen LogP contribution in [0.15, 0.2) is 23.3 Å². The lowest BCUT2D eigenvalue weighted by atomic mass is 9.44. The van der Waals surface area contributed by atoms with Gasteiger partial charge in [0.25, 0.3) is 0 Å². The summed E-state index contributed by atoms with van der Waals surface area (Å²) in [7, 11) is 0. The first-order valence-corrected chi connectivity index (χ1v) is 13.3. The van der Waals surface area contributed by atoms with Gasteiger partial charge in [0, 0.05) is 5.57 Å². The largest absolute Gasteiger partial charge is 0.392 e. The number of rotatable bonds is 3. The number of aliphatic hydroxyl groups is 3. The van der Waals surface area contributed by atoms with Crippen LogP contribution in [0.3, 0.4) is 0 Å². The molecule has 5 unspecified atom stereocenters. The van der Waals surface area contributed by atoms with Crippen molar-refractivity contribution in [1.29, 1.82) is 0 Å². The summed E-state index contributed by atoms with van der Waals surface area (Å²) in [5.74, 6) is 2.14. The molecule has 6 heteroatoms. The van der Waals surface area contributed by atoms with Gasteiger partial charge in [-0.3, -0.25) is 4.79 Å². The highest BCUT2D eigenvalue weighted by Crippen LogP contribution is 2.73. The number of carbonyl (C=O) groups is 1. The Balaban J connectivity index is 1.27. The predicted octanol–water partition coefficient (Wildman–Crippen LogP) is 3.14. The Hall–Kier alpha value is -1.05. The van der Waals surface area contributed by atoms with Crippen molar-refractivity contribution >= 4 is 5.78 Å². The normalized spacial score (nSPS) is 54.7. The molecule has 188 valence electrons. The summed E-state index contributed by atoms with van der Waals surface area (Å²) in [6.07, 6.45) is 7.52. The number of ether oxygens (including phenoxy) is 2. The van der Waals surface area contributed by atoms with Crippen LogP contribution in [-0.2, 0) is 14.3 Å². The van der Waals surface area contributed by atoms with Crippen molar-refractivity contribution in [2.45, 2.75) is 96.4 Å². The van der Waals surface area contributed by atoms with Crippen molar-refractivity contribution in [2.75, 3.05) is 6.61 Å². The second-order valence-corrected chi connectivity index (χ2v) is 12.7. The zero-order valence-corrected chi connectivity index (χ0v) is 20.9. The minimum Gasteiger partial charge on any atom is -0.392 e. The number of allylic oxidation sites excluding steroid dienone is 1. The third kappa shape index (κ3) is 2.72. The van der Waals surface area contributed by atoms with Gasteiger partial charge in [-0.1, -0.05) is 19.4 Å². The van der Waals surface area contributed by atoms with E-state index >= 15 is 0 Å². The molecule has 1 spiro atoms. The van der Waals surface area contributed by atoms with E-state index in [1.807, 2.05) is 6.92 Å². The molecule has 0 aromatic carbocycles. The van der Waals surface area contributed by atoms with Gasteiger partial charge in [0.2, 0.25) is 0 Å². The SMILES string of the molecule is CC1=C(CO)C(O)O[C@@H]([C@@H](C)C2CCC3C4C[C@H]5O[C@]56[C@@H](O)C=CC(=O)[C@]6(C)C4CC[C@@]32C)C1. The van der Waals surface area contributed by atoms with Gasteiger partial charge in [-0.15, -0.1) is 0 Å². The van der Waals surface area contributed by atoms with E-state index < -0.39 is 23.4 Å². The number of hydrogen-bond donors (Lipinski definition) is 3. The lowest BCUT2D eigenvalue weighted by molar-refractivity contribution is -0.161. The van der Waals surface area contributed by atoms with E-state index in [9.17, 15) is 20.1 Å². The Morgan fingerprint density at radius 3 is 2.65 bits per heavy atom. The van der Waals surface area contributed by atoms with Crippen molar-refractivity contribution in [1.82, 2.24) is 0 Å². The first kappa shape index (κ1) is 23.4. The van der Waals surface area contributed by atoms with Gasteiger partial charge in [0.1, 0.15) is 11.7 Å². The van der Waals surface area contributed by atoms with Crippen LogP contribution in [0.5, 0.6) is 0 Å². The minimum absolute atomic E-state index is 0.0250. The van der Waals surface area contributed by atoms with Crippen molar-refractivity contribution in [3.63, 3.8) is 0 Å². The van der Waals surface area contributed by atoms with Crippen molar-refractivity contribution in [3.05, 3.63) is 23.3 Å². The van der Waals surface area contributed by atoms with Crippen molar-refractivity contribution in [2.24, 2.45) is 40.4 Å². The third-order valence-corrected chi connectivity index (χ3v) is 11.7. The fraction of sp³-hybridized carbons (Fsp3) is 0.821. The maximum atomic E-state index is 13.3. The zero-order chi connectivity index (χ0) is 24.2. The lowest BCUT2D eigenvalue weighted by Crippen LogP contribution is -2.63. The smallest absolute Gasteiger partial charge is 0.179 e. The lowest BCUT2D eigenvalue weighted by Gasteiger charge is -2.58. The number of hydrogen-bond acceptors (Lipinski definition) is 6. The van der Waals surface area contributed by atoms with Crippen LogP contribution in [0.2, 0.25) is 0 Å². The number of carbonyl (C=O) groups excluding carboxylic acids is 1. The van der Waals surface area contributed by atoms with Gasteiger partial charge in [0.15, 0.2) is 12.1 Å². The first-order chi connectivity index (χ1) is 16.1. The highest BCUT2D eigenvalue weighted by molar-refractivity contribution is 5.98. The summed E-state index contributed by atoms with van der Waals surface area (Å²) < 4.78 is 12.3. The molecule has 3 N–H and O–H groups in total. The maximum Gasteiger partial charge on any atom is 0.179 e. The minimum atomic E-state index is -1.01. The summed E-state index contributed by atoms with van der Waals surface area (Å²) in [4.78, 5) is 13.3. The molecular formula is C28H40O6. The monoisotopic (exact) mass is 472 g/mol. The molecule has 2 heterocycles. The van der Waals surface area contributed by atoms with Gasteiger partial charge >= 0.3 is 0 Å². The molecule has 0 amide bonds. The number of aliphatic hydroxyl groups excluding tert-OH is 3. The van der Waals surface area contributed by atoms with Crippen molar-refractivity contribution in [3.8, 4) is 0 Å². The van der Waals surface area contributed by atoms with E-state index in [1.54, 1.807) is 12.2 Å². The Labute approximate surface area is 202 Å². The average Bonchev–Trinajstić information content (AvgIpc) is 3.43. The zero-order valence-electron chi connectivity index (χ0n) is 20.9. The Kier molecular flexibility index (Phi) is 5.14. The van der Waals surface area contributed by atoms with Crippen LogP contribution in [0, 0.1) is 40.4 Å². The summed E-state index contributed by atoms with van der Waals surface area (Å²) in [5.41, 5.74) is 0.474. The quantitative estimate of drug-likeness (QED) is 0.431. The summed E-state index contributed by atoms with van der Waals surface area (Å²) >= 11 is 0. The number of fused-ring (bicyclic) bond motifs is 4. The molecule has 12 atom stereocenters. The highest BCUT2D eigenvalue weighted by atomic mass is 16.6. The molecule has 0 aromatic heterocycles. The Morgan fingerprint density at radius 2 is 1.94 bits per heavy atom. The molecule has 3 saturated carbocycles. The average molecular weight is 473 g/mol. The topological polar surface area (TPSA) is 99.5 Å². The van der Waals surface area contributed by atoms with Gasteiger partial charge < -0.3 is 24.8 Å². The molecule has 34 heavy (non-hydrogen) atoms. The molecule has 0 radical (unpaired) electrons. The molecule has 6 aliphatic rings. The van der Waals surface area contributed by atoms with Crippen LogP contribution in [0.1, 0.15) is 66.2 Å². The molecule has 0 bridgehead atoms. The van der Waals surface area contributed by atoms with Crippen molar-refractivity contribution < 1.29 is 29.6 Å². The second kappa shape index (κ2) is 7.48. The van der Waals surface area contributed by atoms with Crippen LogP contribution < -0.4 is 0 Å². The molecular weight excluding hydrogens is 432 g/mol. The van der Waals surface area contributed by atoms with Crippen LogP contribution in [-0.4, -0.2) is 57.9 Å². The fourth-order valence-corrected chi connectivity index (χ4v) is 9.81. The van der Waals surface area contributed by atoms with Crippen LogP contribution >= 0.6 is 0 Å². The predicted molar refractivity (Wildman–Crippen MR) is 125 cm³/mol. The Morgan fingerprint density at radius 1 is 1.18 bits per heavy atom. The van der Waals surface area contributed by atoms with E-state index in [-0.39, 0.29) is 35.9 Å². The van der Waals surface area contributed by atoms with Crippen LogP contribution in [0.4, 0.5) is 0 Å². The van der Waals surface area contributed by atoms with E-state index in [0.29, 0.717) is 29.2 Å². The number of ketones is 1. The summed E-state index contributed by atoms with van der Waals surface area (Å²) in [6, 6.07) is 0. The molecule has 2 aliphatic heterocycles. The molecule has 1 saturated heterocycles. The summed E-state index contributed by atoms with van der Waals surface area (Å²) in [6.45, 7) is 8.64.